The van der Waals surface area contributed by atoms with Crippen LogP contribution in [0.15, 0.2) is 47.7 Å². The molecule has 0 aliphatic carbocycles. The highest BCUT2D eigenvalue weighted by molar-refractivity contribution is 5.80. The highest BCUT2D eigenvalue weighted by atomic mass is 16.6. The van der Waals surface area contributed by atoms with Gasteiger partial charge in [0.2, 0.25) is 0 Å². The summed E-state index contributed by atoms with van der Waals surface area (Å²) in [7, 11) is 3.65. The number of aliphatic imine (C=N–C) groups is 1. The van der Waals surface area contributed by atoms with Gasteiger partial charge in [0.1, 0.15) is 11.7 Å². The van der Waals surface area contributed by atoms with Crippen molar-refractivity contribution in [1.29, 1.82) is 0 Å². The van der Waals surface area contributed by atoms with Gasteiger partial charge in [0.15, 0.2) is 5.96 Å². The Hall–Kier alpha value is -3.07. The van der Waals surface area contributed by atoms with E-state index >= 15 is 0 Å². The molecular weight excluding hydrogens is 408 g/mol. The van der Waals surface area contributed by atoms with E-state index in [2.05, 4.69) is 25.6 Å². The second-order valence-corrected chi connectivity index (χ2v) is 8.79. The number of amides is 1. The Balaban J connectivity index is 1.66. The number of hydrogen-bond donors (Lipinski definition) is 2. The number of aryl methyl sites for hydroxylation is 1. The Morgan fingerprint density at radius 2 is 2.09 bits per heavy atom. The van der Waals surface area contributed by atoms with Crippen LogP contribution >= 0.6 is 0 Å². The van der Waals surface area contributed by atoms with Gasteiger partial charge in [-0.15, -0.1) is 0 Å². The maximum absolute atomic E-state index is 12.4. The quantitative estimate of drug-likeness (QED) is 0.546. The average molecular weight is 443 g/mol. The first-order valence-corrected chi connectivity index (χ1v) is 10.9. The minimum atomic E-state index is -0.566. The number of nitrogens with zero attached hydrogens (tertiary/aromatic N) is 4. The largest absolute Gasteiger partial charge is 0.444 e. The lowest BCUT2D eigenvalue weighted by molar-refractivity contribution is -0.00805. The zero-order valence-corrected chi connectivity index (χ0v) is 19.5. The van der Waals surface area contributed by atoms with Gasteiger partial charge in [0.05, 0.1) is 25.4 Å². The SMILES string of the molecule is CN=C(NCC(NC(=O)OC(C)(C)C)c1ccccc1)N1CCOC(c2cnn(C)c2)C1. The lowest BCUT2D eigenvalue weighted by atomic mass is 10.1. The predicted molar refractivity (Wildman–Crippen MR) is 123 cm³/mol. The molecule has 2 N–H and O–H groups in total. The monoisotopic (exact) mass is 442 g/mol. The summed E-state index contributed by atoms with van der Waals surface area (Å²) in [5, 5.41) is 10.6. The summed E-state index contributed by atoms with van der Waals surface area (Å²) >= 11 is 0. The smallest absolute Gasteiger partial charge is 0.408 e. The molecule has 1 aromatic heterocycles. The molecule has 0 radical (unpaired) electrons. The third kappa shape index (κ3) is 6.71. The molecule has 2 aromatic rings. The van der Waals surface area contributed by atoms with E-state index < -0.39 is 11.7 Å². The molecule has 174 valence electrons. The first-order chi connectivity index (χ1) is 15.2. The third-order valence-corrected chi connectivity index (χ3v) is 5.03. The molecule has 32 heavy (non-hydrogen) atoms. The first kappa shape index (κ1) is 23.6. The highest BCUT2D eigenvalue weighted by Gasteiger charge is 2.26. The Morgan fingerprint density at radius 3 is 2.72 bits per heavy atom. The number of morpholine rings is 1. The summed E-state index contributed by atoms with van der Waals surface area (Å²) in [5.41, 5.74) is 1.46. The maximum Gasteiger partial charge on any atom is 0.408 e. The molecule has 1 aliphatic rings. The van der Waals surface area contributed by atoms with Crippen molar-refractivity contribution < 1.29 is 14.3 Å². The molecule has 1 fully saturated rings. The number of nitrogens with one attached hydrogen (secondary N) is 2. The zero-order valence-electron chi connectivity index (χ0n) is 19.5. The van der Waals surface area contributed by atoms with Gasteiger partial charge in [0.25, 0.3) is 0 Å². The molecule has 0 bridgehead atoms. The van der Waals surface area contributed by atoms with Crippen LogP contribution in [-0.4, -0.2) is 65.6 Å². The number of guanidine groups is 1. The molecule has 1 saturated heterocycles. The Kier molecular flexibility index (Phi) is 7.74. The minimum Gasteiger partial charge on any atom is -0.444 e. The molecule has 1 aromatic carbocycles. The normalized spacial score (nSPS) is 18.2. The number of benzene rings is 1. The van der Waals surface area contributed by atoms with E-state index in [-0.39, 0.29) is 12.1 Å². The number of carbonyl (C=O) groups is 1. The van der Waals surface area contributed by atoms with Crippen molar-refractivity contribution in [2.45, 2.75) is 38.5 Å². The number of carbonyl (C=O) groups excluding carboxylic acids is 1. The Morgan fingerprint density at radius 1 is 1.34 bits per heavy atom. The van der Waals surface area contributed by atoms with Gasteiger partial charge in [-0.05, 0) is 26.3 Å². The molecule has 1 aliphatic heterocycles. The summed E-state index contributed by atoms with van der Waals surface area (Å²) in [6, 6.07) is 9.55. The van der Waals surface area contributed by atoms with Gasteiger partial charge >= 0.3 is 6.09 Å². The van der Waals surface area contributed by atoms with Crippen LogP contribution in [-0.2, 0) is 16.5 Å². The number of aromatic nitrogens is 2. The van der Waals surface area contributed by atoms with Crippen LogP contribution in [0.25, 0.3) is 0 Å². The van der Waals surface area contributed by atoms with Crippen LogP contribution in [0.2, 0.25) is 0 Å². The summed E-state index contributed by atoms with van der Waals surface area (Å²) in [4.78, 5) is 19.1. The van der Waals surface area contributed by atoms with E-state index in [4.69, 9.17) is 9.47 Å². The summed E-state index contributed by atoms with van der Waals surface area (Å²) in [6.45, 7) is 8.00. The molecule has 1 amide bonds. The van der Waals surface area contributed by atoms with E-state index in [9.17, 15) is 4.79 Å². The van der Waals surface area contributed by atoms with Crippen LogP contribution < -0.4 is 10.6 Å². The van der Waals surface area contributed by atoms with Crippen molar-refractivity contribution in [3.05, 3.63) is 53.9 Å². The van der Waals surface area contributed by atoms with E-state index in [1.54, 1.807) is 11.7 Å². The van der Waals surface area contributed by atoms with Crippen molar-refractivity contribution in [2.75, 3.05) is 33.3 Å². The van der Waals surface area contributed by atoms with Crippen LogP contribution in [0.5, 0.6) is 0 Å². The fourth-order valence-electron chi connectivity index (χ4n) is 3.56. The van der Waals surface area contributed by atoms with Gasteiger partial charge in [-0.25, -0.2) is 4.79 Å². The van der Waals surface area contributed by atoms with Crippen LogP contribution in [0, 0.1) is 0 Å². The second-order valence-electron chi connectivity index (χ2n) is 8.79. The predicted octanol–water partition coefficient (Wildman–Crippen LogP) is 2.63. The first-order valence-electron chi connectivity index (χ1n) is 10.9. The van der Waals surface area contributed by atoms with Crippen molar-refractivity contribution in [2.24, 2.45) is 12.0 Å². The number of rotatable bonds is 5. The van der Waals surface area contributed by atoms with Gasteiger partial charge in [-0.1, -0.05) is 30.3 Å². The lowest BCUT2D eigenvalue weighted by Crippen LogP contribution is -2.50. The number of alkyl carbamates (subject to hydrolysis) is 1. The minimum absolute atomic E-state index is 0.0687. The molecule has 0 saturated carbocycles. The van der Waals surface area contributed by atoms with Crippen molar-refractivity contribution in [3.8, 4) is 0 Å². The second kappa shape index (κ2) is 10.5. The average Bonchev–Trinajstić information content (AvgIpc) is 3.19. The van der Waals surface area contributed by atoms with Crippen LogP contribution in [0.1, 0.15) is 44.0 Å². The molecule has 2 atom stereocenters. The Labute approximate surface area is 189 Å². The van der Waals surface area contributed by atoms with Gasteiger partial charge in [-0.3, -0.25) is 9.67 Å². The van der Waals surface area contributed by atoms with E-state index in [0.29, 0.717) is 19.7 Å². The molecule has 2 unspecified atom stereocenters. The fraction of sp³-hybridized carbons (Fsp3) is 0.522. The topological polar surface area (TPSA) is 93.0 Å². The van der Waals surface area contributed by atoms with Crippen LogP contribution in [0.3, 0.4) is 0 Å². The fourth-order valence-corrected chi connectivity index (χ4v) is 3.56. The van der Waals surface area contributed by atoms with E-state index in [1.807, 2.05) is 70.5 Å². The van der Waals surface area contributed by atoms with Crippen molar-refractivity contribution >= 4 is 12.1 Å². The maximum atomic E-state index is 12.4. The highest BCUT2D eigenvalue weighted by Crippen LogP contribution is 2.22. The van der Waals surface area contributed by atoms with E-state index in [0.717, 1.165) is 23.6 Å². The lowest BCUT2D eigenvalue weighted by Gasteiger charge is -2.35. The summed E-state index contributed by atoms with van der Waals surface area (Å²) in [6.07, 6.45) is 3.29. The van der Waals surface area contributed by atoms with Crippen LogP contribution in [0.4, 0.5) is 4.79 Å². The van der Waals surface area contributed by atoms with E-state index in [1.165, 1.54) is 0 Å². The van der Waals surface area contributed by atoms with Gasteiger partial charge < -0.3 is 25.0 Å². The Bertz CT molecular complexity index is 906. The standard InChI is InChI=1S/C23H34N6O3/c1-23(2,3)32-22(30)27-19(17-9-7-6-8-10-17)14-25-21(24-4)29-11-12-31-20(16-29)18-13-26-28(5)15-18/h6-10,13,15,19-20H,11-12,14,16H2,1-5H3,(H,24,25)(H,27,30). The molecule has 9 nitrogen and oxygen atoms in total. The number of ether oxygens (including phenoxy) is 2. The molecule has 3 rings (SSSR count). The van der Waals surface area contributed by atoms with Crippen molar-refractivity contribution in [1.82, 2.24) is 25.3 Å². The van der Waals surface area contributed by atoms with Crippen molar-refractivity contribution in [3.63, 3.8) is 0 Å². The molecule has 0 spiro atoms. The third-order valence-electron chi connectivity index (χ3n) is 5.03. The van der Waals surface area contributed by atoms with Gasteiger partial charge in [0, 0.05) is 38.9 Å². The number of hydrogen-bond acceptors (Lipinski definition) is 5. The summed E-state index contributed by atoms with van der Waals surface area (Å²) < 4.78 is 13.2. The molecular formula is C23H34N6O3. The van der Waals surface area contributed by atoms with Gasteiger partial charge in [-0.2, -0.15) is 5.10 Å². The molecule has 2 heterocycles. The summed E-state index contributed by atoms with van der Waals surface area (Å²) in [5.74, 6) is 0.758. The zero-order chi connectivity index (χ0) is 23.1. The molecule has 9 heteroatoms.